The lowest BCUT2D eigenvalue weighted by Crippen LogP contribution is -2.18. The van der Waals surface area contributed by atoms with Crippen molar-refractivity contribution < 1.29 is 19.2 Å². The van der Waals surface area contributed by atoms with Gasteiger partial charge in [0.2, 0.25) is 0 Å². The van der Waals surface area contributed by atoms with Gasteiger partial charge in [0.1, 0.15) is 13.2 Å². The predicted molar refractivity (Wildman–Crippen MR) is 112 cm³/mol. The zero-order chi connectivity index (χ0) is 20.4. The minimum absolute atomic E-state index is 0.139. The number of nitrogens with zero attached hydrogens (tertiary/aromatic N) is 3. The third-order valence-corrected chi connectivity index (χ3v) is 6.00. The SMILES string of the molecule is CSCCn1c(=NC(=O)c2cccc([N+](=O)[O-])c2)sc2cc3c(cc21)OCCO3. The summed E-state index contributed by atoms with van der Waals surface area (Å²) in [6.07, 6.45) is 2.01. The van der Waals surface area contributed by atoms with Crippen molar-refractivity contribution in [3.63, 3.8) is 0 Å². The van der Waals surface area contributed by atoms with Crippen molar-refractivity contribution in [1.29, 1.82) is 0 Å². The zero-order valence-electron chi connectivity index (χ0n) is 15.5. The van der Waals surface area contributed by atoms with Crippen LogP contribution in [-0.2, 0) is 6.54 Å². The molecule has 29 heavy (non-hydrogen) atoms. The van der Waals surface area contributed by atoms with E-state index in [0.717, 1.165) is 16.0 Å². The number of carbonyl (C=O) groups excluding carboxylic acids is 1. The van der Waals surface area contributed by atoms with Crippen LogP contribution >= 0.6 is 23.1 Å². The molecule has 0 atom stereocenters. The van der Waals surface area contributed by atoms with Gasteiger partial charge in [0.25, 0.3) is 11.6 Å². The molecule has 0 spiro atoms. The highest BCUT2D eigenvalue weighted by Crippen LogP contribution is 2.35. The molecule has 1 aliphatic heterocycles. The summed E-state index contributed by atoms with van der Waals surface area (Å²) in [5.74, 6) is 1.68. The summed E-state index contributed by atoms with van der Waals surface area (Å²) in [6.45, 7) is 1.66. The molecule has 0 N–H and O–H groups in total. The number of nitro benzene ring substituents is 1. The molecular weight excluding hydrogens is 414 g/mol. The lowest BCUT2D eigenvalue weighted by Gasteiger charge is -2.18. The Morgan fingerprint density at radius 2 is 2.03 bits per heavy atom. The van der Waals surface area contributed by atoms with Gasteiger partial charge in [0.15, 0.2) is 16.3 Å². The molecule has 1 aliphatic rings. The molecule has 0 saturated heterocycles. The van der Waals surface area contributed by atoms with Crippen molar-refractivity contribution >= 4 is 44.9 Å². The topological polar surface area (TPSA) is 96.0 Å². The lowest BCUT2D eigenvalue weighted by atomic mass is 10.2. The molecule has 8 nitrogen and oxygen atoms in total. The average molecular weight is 431 g/mol. The maximum absolute atomic E-state index is 12.7. The van der Waals surface area contributed by atoms with E-state index in [4.69, 9.17) is 9.47 Å². The lowest BCUT2D eigenvalue weighted by molar-refractivity contribution is -0.384. The van der Waals surface area contributed by atoms with Crippen molar-refractivity contribution in [3.05, 3.63) is 56.9 Å². The molecule has 2 heterocycles. The first kappa shape index (κ1) is 19.5. The molecule has 0 fully saturated rings. The molecule has 4 rings (SSSR count). The Bertz CT molecular complexity index is 1170. The normalized spacial score (nSPS) is 13.6. The Hall–Kier alpha value is -2.85. The Morgan fingerprint density at radius 1 is 1.28 bits per heavy atom. The number of hydrogen-bond donors (Lipinski definition) is 0. The van der Waals surface area contributed by atoms with Gasteiger partial charge < -0.3 is 14.0 Å². The van der Waals surface area contributed by atoms with E-state index in [0.29, 0.717) is 36.1 Å². The number of rotatable bonds is 5. The van der Waals surface area contributed by atoms with E-state index in [1.54, 1.807) is 11.8 Å². The largest absolute Gasteiger partial charge is 0.486 e. The number of aromatic nitrogens is 1. The van der Waals surface area contributed by atoms with Crippen LogP contribution in [0.1, 0.15) is 10.4 Å². The fourth-order valence-electron chi connectivity index (χ4n) is 2.99. The Balaban J connectivity index is 1.81. The van der Waals surface area contributed by atoms with Crippen LogP contribution in [0.4, 0.5) is 5.69 Å². The Kier molecular flexibility index (Phi) is 5.54. The highest BCUT2D eigenvalue weighted by atomic mass is 32.2. The number of thioether (sulfide) groups is 1. The van der Waals surface area contributed by atoms with Crippen LogP contribution in [0.3, 0.4) is 0 Å². The average Bonchev–Trinajstić information content (AvgIpc) is 3.06. The van der Waals surface area contributed by atoms with Crippen molar-refractivity contribution in [3.8, 4) is 11.5 Å². The minimum Gasteiger partial charge on any atom is -0.486 e. The van der Waals surface area contributed by atoms with Crippen LogP contribution in [0, 0.1) is 10.1 Å². The molecule has 1 amide bonds. The van der Waals surface area contributed by atoms with Gasteiger partial charge in [-0.25, -0.2) is 0 Å². The van der Waals surface area contributed by atoms with Gasteiger partial charge in [-0.15, -0.1) is 0 Å². The molecule has 0 saturated carbocycles. The second-order valence-electron chi connectivity index (χ2n) is 6.22. The summed E-state index contributed by atoms with van der Waals surface area (Å²) < 4.78 is 14.2. The summed E-state index contributed by atoms with van der Waals surface area (Å²) >= 11 is 3.07. The number of hydrogen-bond acceptors (Lipinski definition) is 7. The molecule has 10 heteroatoms. The first-order valence-electron chi connectivity index (χ1n) is 8.82. The monoisotopic (exact) mass is 431 g/mol. The van der Waals surface area contributed by atoms with Crippen molar-refractivity contribution in [2.75, 3.05) is 25.2 Å². The highest BCUT2D eigenvalue weighted by Gasteiger charge is 2.17. The van der Waals surface area contributed by atoms with Crippen LogP contribution in [0.15, 0.2) is 41.4 Å². The molecule has 0 radical (unpaired) electrons. The maximum atomic E-state index is 12.7. The molecule has 150 valence electrons. The van der Waals surface area contributed by atoms with Crippen LogP contribution < -0.4 is 14.3 Å². The molecular formula is C19H17N3O5S2. The molecule has 0 aliphatic carbocycles. The number of aryl methyl sites for hydroxylation is 1. The Morgan fingerprint density at radius 3 is 2.76 bits per heavy atom. The van der Waals surface area contributed by atoms with Crippen molar-refractivity contribution in [2.24, 2.45) is 4.99 Å². The van der Waals surface area contributed by atoms with E-state index in [2.05, 4.69) is 4.99 Å². The van der Waals surface area contributed by atoms with Crippen LogP contribution in [0.5, 0.6) is 11.5 Å². The van der Waals surface area contributed by atoms with Crippen LogP contribution in [-0.4, -0.2) is 40.6 Å². The van der Waals surface area contributed by atoms with E-state index < -0.39 is 10.8 Å². The van der Waals surface area contributed by atoms with Gasteiger partial charge >= 0.3 is 0 Å². The molecule has 0 bridgehead atoms. The van der Waals surface area contributed by atoms with Crippen molar-refractivity contribution in [2.45, 2.75) is 6.54 Å². The van der Waals surface area contributed by atoms with E-state index in [-0.39, 0.29) is 11.3 Å². The Labute approximate surface area is 173 Å². The first-order chi connectivity index (χ1) is 14.1. The van der Waals surface area contributed by atoms with Gasteiger partial charge in [-0.2, -0.15) is 16.8 Å². The second-order valence-corrected chi connectivity index (χ2v) is 8.21. The fraction of sp³-hybridized carbons (Fsp3) is 0.263. The van der Waals surface area contributed by atoms with Crippen LogP contribution in [0.25, 0.3) is 10.2 Å². The van der Waals surface area contributed by atoms with Gasteiger partial charge in [-0.1, -0.05) is 17.4 Å². The number of ether oxygens (including phenoxy) is 2. The van der Waals surface area contributed by atoms with Gasteiger partial charge in [0.05, 0.1) is 15.1 Å². The number of fused-ring (bicyclic) bond motifs is 2. The number of amides is 1. The summed E-state index contributed by atoms with van der Waals surface area (Å²) in [7, 11) is 0. The van der Waals surface area contributed by atoms with E-state index >= 15 is 0 Å². The minimum atomic E-state index is -0.528. The quantitative estimate of drug-likeness (QED) is 0.453. The van der Waals surface area contributed by atoms with E-state index in [1.807, 2.05) is 23.0 Å². The van der Waals surface area contributed by atoms with Gasteiger partial charge in [-0.05, 0) is 12.3 Å². The van der Waals surface area contributed by atoms with Crippen LogP contribution in [0.2, 0.25) is 0 Å². The highest BCUT2D eigenvalue weighted by molar-refractivity contribution is 7.98. The number of benzene rings is 2. The molecule has 3 aromatic rings. The second kappa shape index (κ2) is 8.26. The third-order valence-electron chi connectivity index (χ3n) is 4.37. The molecule has 0 unspecified atom stereocenters. The summed E-state index contributed by atoms with van der Waals surface area (Å²) in [4.78, 5) is 28.0. The summed E-state index contributed by atoms with van der Waals surface area (Å²) in [6, 6.07) is 9.42. The fourth-order valence-corrected chi connectivity index (χ4v) is 4.42. The van der Waals surface area contributed by atoms with Crippen molar-refractivity contribution in [1.82, 2.24) is 4.57 Å². The molecule has 1 aromatic heterocycles. The van der Waals surface area contributed by atoms with E-state index in [1.165, 1.54) is 35.6 Å². The predicted octanol–water partition coefficient (Wildman–Crippen LogP) is 3.49. The third kappa shape index (κ3) is 3.99. The molecule has 2 aromatic carbocycles. The van der Waals surface area contributed by atoms with E-state index in [9.17, 15) is 14.9 Å². The first-order valence-corrected chi connectivity index (χ1v) is 11.0. The standard InChI is InChI=1S/C19H17N3O5S2/c1-28-8-5-21-14-10-15-16(27-7-6-26-15)11-17(14)29-19(21)20-18(23)12-3-2-4-13(9-12)22(24)25/h2-4,9-11H,5-8H2,1H3. The number of nitro groups is 1. The smallest absolute Gasteiger partial charge is 0.279 e. The van der Waals surface area contributed by atoms with Gasteiger partial charge in [-0.3, -0.25) is 14.9 Å². The number of carbonyl (C=O) groups is 1. The summed E-state index contributed by atoms with van der Waals surface area (Å²) in [5.41, 5.74) is 0.956. The zero-order valence-corrected chi connectivity index (χ0v) is 17.1. The number of non-ortho nitro benzene ring substituents is 1. The summed E-state index contributed by atoms with van der Waals surface area (Å²) in [5, 5.41) is 11.0. The number of thiazole rings is 1. The van der Waals surface area contributed by atoms with Gasteiger partial charge in [0, 0.05) is 42.1 Å². The maximum Gasteiger partial charge on any atom is 0.279 e.